The number of hydrogen-bond donors (Lipinski definition) is 0. The van der Waals surface area contributed by atoms with Gasteiger partial charge in [-0.15, -0.1) is 0 Å². The first kappa shape index (κ1) is 8.22. The quantitative estimate of drug-likeness (QED) is 0.494. The van der Waals surface area contributed by atoms with Crippen molar-refractivity contribution in [3.8, 4) is 0 Å². The summed E-state index contributed by atoms with van der Waals surface area (Å²) >= 11 is 0. The van der Waals surface area contributed by atoms with Gasteiger partial charge in [0, 0.05) is 0 Å². The highest BCUT2D eigenvalue weighted by Crippen LogP contribution is 1.99. The van der Waals surface area contributed by atoms with Crippen molar-refractivity contribution >= 4 is 0 Å². The van der Waals surface area contributed by atoms with Crippen LogP contribution in [-0.2, 0) is 0 Å². The van der Waals surface area contributed by atoms with Crippen LogP contribution in [0.2, 0.25) is 0 Å². The minimum Gasteiger partial charge on any atom is -0.0961 e. The molecule has 0 aliphatic heterocycles. The molecule has 0 atom stereocenters. The van der Waals surface area contributed by atoms with E-state index in [1.165, 1.54) is 5.57 Å². The molecule has 0 aromatic heterocycles. The smallest absolute Gasteiger partial charge is 0.0398 e. The van der Waals surface area contributed by atoms with E-state index in [4.69, 9.17) is 0 Å². The van der Waals surface area contributed by atoms with Crippen LogP contribution in [0.1, 0.15) is 20.8 Å². The molecule has 0 heterocycles. The molecule has 0 aliphatic rings. The Labute approximate surface area is 57.6 Å². The molecule has 0 fully saturated rings. The van der Waals surface area contributed by atoms with E-state index in [2.05, 4.69) is 25.7 Å². The summed E-state index contributed by atoms with van der Waals surface area (Å²) in [7, 11) is 0. The van der Waals surface area contributed by atoms with Crippen LogP contribution in [0.3, 0.4) is 0 Å². The fourth-order valence-electron chi connectivity index (χ4n) is 0.700. The maximum Gasteiger partial charge on any atom is -0.0398 e. The molecule has 50 valence electrons. The molecule has 0 saturated heterocycles. The molecule has 0 bridgehead atoms. The van der Waals surface area contributed by atoms with E-state index >= 15 is 0 Å². The summed E-state index contributed by atoms with van der Waals surface area (Å²) in [6.07, 6.45) is 6.14. The van der Waals surface area contributed by atoms with Gasteiger partial charge in [-0.1, -0.05) is 36.0 Å². The lowest BCUT2D eigenvalue weighted by molar-refractivity contribution is 1.44. The fourth-order valence-corrected chi connectivity index (χ4v) is 0.700. The average Bonchev–Trinajstić information content (AvgIpc) is 1.63. The molecule has 0 unspecified atom stereocenters. The minimum atomic E-state index is 1.10. The van der Waals surface area contributed by atoms with E-state index in [-0.39, 0.29) is 0 Å². The Hall–Kier alpha value is -0.780. The van der Waals surface area contributed by atoms with Crippen molar-refractivity contribution in [2.24, 2.45) is 0 Å². The van der Waals surface area contributed by atoms with Gasteiger partial charge in [-0.2, -0.15) is 0 Å². The summed E-state index contributed by atoms with van der Waals surface area (Å²) in [6.45, 7) is 9.83. The van der Waals surface area contributed by atoms with E-state index in [0.29, 0.717) is 0 Å². The van der Waals surface area contributed by atoms with Gasteiger partial charge in [0.25, 0.3) is 0 Å². The zero-order valence-corrected chi connectivity index (χ0v) is 6.44. The fraction of sp³-hybridized carbons (Fsp3) is 0.333. The van der Waals surface area contributed by atoms with Crippen LogP contribution in [0.15, 0.2) is 36.0 Å². The zero-order valence-electron chi connectivity index (χ0n) is 6.44. The highest BCUT2D eigenvalue weighted by atomic mass is 13.8. The van der Waals surface area contributed by atoms with Crippen LogP contribution in [0.25, 0.3) is 0 Å². The summed E-state index contributed by atoms with van der Waals surface area (Å²) < 4.78 is 0. The predicted octanol–water partition coefficient (Wildman–Crippen LogP) is 3.08. The van der Waals surface area contributed by atoms with Crippen LogP contribution in [0.5, 0.6) is 0 Å². The molecule has 9 heavy (non-hydrogen) atoms. The summed E-state index contributed by atoms with van der Waals surface area (Å²) in [6, 6.07) is 0. The lowest BCUT2D eigenvalue weighted by atomic mass is 10.2. The van der Waals surface area contributed by atoms with Gasteiger partial charge < -0.3 is 0 Å². The molecule has 0 nitrogen and oxygen atoms in total. The van der Waals surface area contributed by atoms with E-state index in [0.717, 1.165) is 5.57 Å². The lowest BCUT2D eigenvalue weighted by Gasteiger charge is -1.89. The van der Waals surface area contributed by atoms with E-state index < -0.39 is 0 Å². The SMILES string of the molecule is C=C(C)C=C(C)C=CC. The molecule has 0 amide bonds. The van der Waals surface area contributed by atoms with Gasteiger partial charge in [-0.25, -0.2) is 0 Å². The average molecular weight is 122 g/mol. The van der Waals surface area contributed by atoms with Gasteiger partial charge in [0.2, 0.25) is 0 Å². The highest BCUT2D eigenvalue weighted by Gasteiger charge is 1.78. The van der Waals surface area contributed by atoms with Gasteiger partial charge in [0.15, 0.2) is 0 Å². The van der Waals surface area contributed by atoms with Crippen molar-refractivity contribution < 1.29 is 0 Å². The molecule has 0 aliphatic carbocycles. The molecule has 0 heteroatoms. The number of hydrogen-bond acceptors (Lipinski definition) is 0. The molecule has 0 rings (SSSR count). The molecule has 0 saturated carbocycles. The minimum absolute atomic E-state index is 1.10. The van der Waals surface area contributed by atoms with Crippen molar-refractivity contribution in [1.82, 2.24) is 0 Å². The summed E-state index contributed by atoms with van der Waals surface area (Å²) in [4.78, 5) is 0. The molecule has 0 aromatic rings. The van der Waals surface area contributed by atoms with E-state index in [9.17, 15) is 0 Å². The zero-order chi connectivity index (χ0) is 7.28. The Morgan fingerprint density at radius 3 is 2.22 bits per heavy atom. The van der Waals surface area contributed by atoms with Crippen LogP contribution >= 0.6 is 0 Å². The topological polar surface area (TPSA) is 0 Å². The summed E-state index contributed by atoms with van der Waals surface area (Å²) in [5.74, 6) is 0. The third-order valence-electron chi connectivity index (χ3n) is 0.904. The maximum atomic E-state index is 3.77. The second kappa shape index (κ2) is 4.13. The van der Waals surface area contributed by atoms with Crippen molar-refractivity contribution in [2.45, 2.75) is 20.8 Å². The van der Waals surface area contributed by atoms with Gasteiger partial charge >= 0.3 is 0 Å². The van der Waals surface area contributed by atoms with Gasteiger partial charge in [0.05, 0.1) is 0 Å². The Morgan fingerprint density at radius 1 is 1.33 bits per heavy atom. The molecular weight excluding hydrogens is 108 g/mol. The lowest BCUT2D eigenvalue weighted by Crippen LogP contribution is -1.68. The number of allylic oxidation sites excluding steroid dienone is 5. The Bertz CT molecular complexity index is 147. The highest BCUT2D eigenvalue weighted by molar-refractivity contribution is 5.24. The first-order valence-electron chi connectivity index (χ1n) is 3.13. The van der Waals surface area contributed by atoms with Crippen LogP contribution < -0.4 is 0 Å². The van der Waals surface area contributed by atoms with Crippen LogP contribution in [0, 0.1) is 0 Å². The van der Waals surface area contributed by atoms with Gasteiger partial charge in [-0.05, 0) is 20.8 Å². The van der Waals surface area contributed by atoms with Crippen molar-refractivity contribution in [2.75, 3.05) is 0 Å². The van der Waals surface area contributed by atoms with Crippen LogP contribution in [-0.4, -0.2) is 0 Å². The Balaban J connectivity index is 4.00. The Kier molecular flexibility index (Phi) is 3.78. The molecular formula is C9H14. The first-order chi connectivity index (χ1) is 4.16. The largest absolute Gasteiger partial charge is 0.0961 e. The van der Waals surface area contributed by atoms with Crippen molar-refractivity contribution in [3.63, 3.8) is 0 Å². The molecule has 0 radical (unpaired) electrons. The monoisotopic (exact) mass is 122 g/mol. The van der Waals surface area contributed by atoms with Gasteiger partial charge in [-0.3, -0.25) is 0 Å². The molecule has 0 aromatic carbocycles. The van der Waals surface area contributed by atoms with Gasteiger partial charge in [0.1, 0.15) is 0 Å². The third-order valence-corrected chi connectivity index (χ3v) is 0.904. The maximum absolute atomic E-state index is 3.77. The predicted molar refractivity (Wildman–Crippen MR) is 43.4 cm³/mol. The third kappa shape index (κ3) is 5.09. The number of rotatable bonds is 2. The van der Waals surface area contributed by atoms with Crippen LogP contribution in [0.4, 0.5) is 0 Å². The summed E-state index contributed by atoms with van der Waals surface area (Å²) in [5.41, 5.74) is 2.36. The van der Waals surface area contributed by atoms with E-state index in [1.807, 2.05) is 19.9 Å². The van der Waals surface area contributed by atoms with Crippen molar-refractivity contribution in [3.05, 3.63) is 36.0 Å². The second-order valence-electron chi connectivity index (χ2n) is 2.23. The Morgan fingerprint density at radius 2 is 1.89 bits per heavy atom. The van der Waals surface area contributed by atoms with Crippen molar-refractivity contribution in [1.29, 1.82) is 0 Å². The second-order valence-corrected chi connectivity index (χ2v) is 2.23. The summed E-state index contributed by atoms with van der Waals surface area (Å²) in [5, 5.41) is 0. The first-order valence-corrected chi connectivity index (χ1v) is 3.13. The normalized spacial score (nSPS) is 12.6. The molecule has 0 spiro atoms. The standard InChI is InChI=1S/C9H14/c1-5-6-9(4)7-8(2)3/h5-7H,2H2,1,3-4H3. The van der Waals surface area contributed by atoms with E-state index in [1.54, 1.807) is 0 Å². The molecule has 0 N–H and O–H groups in total.